The molecule has 2 nitrogen and oxygen atoms in total. The second-order valence-electron chi connectivity index (χ2n) is 5.59. The van der Waals surface area contributed by atoms with Gasteiger partial charge in [-0.05, 0) is 37.9 Å². The second kappa shape index (κ2) is 6.88. The quantitative estimate of drug-likeness (QED) is 0.888. The van der Waals surface area contributed by atoms with Crippen molar-refractivity contribution in [3.8, 4) is 0 Å². The molecule has 0 spiro atoms. The van der Waals surface area contributed by atoms with Crippen LogP contribution in [0.5, 0.6) is 0 Å². The molecule has 20 heavy (non-hydrogen) atoms. The van der Waals surface area contributed by atoms with Gasteiger partial charge in [-0.1, -0.05) is 43.0 Å². The Labute approximate surface area is 125 Å². The van der Waals surface area contributed by atoms with Crippen molar-refractivity contribution in [1.29, 1.82) is 0 Å². The highest BCUT2D eigenvalue weighted by Crippen LogP contribution is 2.35. The first-order valence-corrected chi connectivity index (χ1v) is 7.66. The summed E-state index contributed by atoms with van der Waals surface area (Å²) in [7, 11) is 3.69. The molecule has 0 bridgehead atoms. The maximum Gasteiger partial charge on any atom is 0.145 e. The van der Waals surface area contributed by atoms with Crippen LogP contribution in [0.3, 0.4) is 0 Å². The third-order valence-electron chi connectivity index (χ3n) is 4.55. The molecule has 1 aromatic rings. The maximum absolute atomic E-state index is 14.1. The van der Waals surface area contributed by atoms with Gasteiger partial charge in [0.2, 0.25) is 0 Å². The Kier molecular flexibility index (Phi) is 5.42. The van der Waals surface area contributed by atoms with Crippen molar-refractivity contribution >= 4 is 11.6 Å². The number of rotatable bonds is 5. The van der Waals surface area contributed by atoms with Crippen molar-refractivity contribution < 1.29 is 9.13 Å². The van der Waals surface area contributed by atoms with E-state index < -0.39 is 0 Å². The van der Waals surface area contributed by atoms with Crippen molar-refractivity contribution in [2.24, 2.45) is 0 Å². The zero-order valence-electron chi connectivity index (χ0n) is 12.2. The van der Waals surface area contributed by atoms with Crippen LogP contribution in [0.1, 0.15) is 37.7 Å². The summed E-state index contributed by atoms with van der Waals surface area (Å²) in [6, 6.07) is 5.29. The van der Waals surface area contributed by atoms with E-state index in [-0.39, 0.29) is 22.5 Å². The van der Waals surface area contributed by atoms with Gasteiger partial charge >= 0.3 is 0 Å². The molecule has 2 rings (SSSR count). The van der Waals surface area contributed by atoms with Gasteiger partial charge in [0.1, 0.15) is 5.82 Å². The summed E-state index contributed by atoms with van der Waals surface area (Å²) >= 11 is 5.87. The Bertz CT molecular complexity index is 446. The Morgan fingerprint density at radius 2 is 2.05 bits per heavy atom. The van der Waals surface area contributed by atoms with Crippen LogP contribution in [0.15, 0.2) is 18.2 Å². The maximum atomic E-state index is 14.1. The molecular formula is C16H23ClFNO. The van der Waals surface area contributed by atoms with E-state index in [1.54, 1.807) is 25.3 Å². The highest BCUT2D eigenvalue weighted by Gasteiger charge is 2.39. The Hall–Kier alpha value is -0.640. The average molecular weight is 300 g/mol. The number of hydrogen-bond donors (Lipinski definition) is 1. The van der Waals surface area contributed by atoms with Gasteiger partial charge in [0.15, 0.2) is 0 Å². The molecule has 1 fully saturated rings. The third-order valence-corrected chi connectivity index (χ3v) is 4.84. The number of nitrogens with one attached hydrogen (secondary N) is 1. The van der Waals surface area contributed by atoms with Crippen molar-refractivity contribution in [3.05, 3.63) is 34.6 Å². The Morgan fingerprint density at radius 1 is 1.35 bits per heavy atom. The smallest absolute Gasteiger partial charge is 0.145 e. The summed E-state index contributed by atoms with van der Waals surface area (Å²) in [5.74, 6) is -0.309. The molecule has 1 aromatic carbocycles. The van der Waals surface area contributed by atoms with E-state index >= 15 is 0 Å². The van der Waals surface area contributed by atoms with E-state index in [4.69, 9.17) is 16.3 Å². The number of hydrogen-bond acceptors (Lipinski definition) is 2. The highest BCUT2D eigenvalue weighted by atomic mass is 35.5. The van der Waals surface area contributed by atoms with E-state index in [9.17, 15) is 4.39 Å². The molecule has 0 aliphatic heterocycles. The fourth-order valence-electron chi connectivity index (χ4n) is 3.32. The summed E-state index contributed by atoms with van der Waals surface area (Å²) in [6.45, 7) is 0. The first kappa shape index (κ1) is 15.7. The lowest BCUT2D eigenvalue weighted by Crippen LogP contribution is -2.53. The Balaban J connectivity index is 2.21. The van der Waals surface area contributed by atoms with E-state index in [0.717, 1.165) is 12.8 Å². The molecule has 112 valence electrons. The molecule has 0 saturated heterocycles. The number of methoxy groups -OCH3 is 1. The zero-order valence-corrected chi connectivity index (χ0v) is 13.0. The zero-order chi connectivity index (χ0) is 14.6. The topological polar surface area (TPSA) is 21.3 Å². The molecule has 0 heterocycles. The summed E-state index contributed by atoms with van der Waals surface area (Å²) < 4.78 is 19.9. The van der Waals surface area contributed by atoms with Crippen molar-refractivity contribution in [2.75, 3.05) is 14.2 Å². The van der Waals surface area contributed by atoms with Crippen LogP contribution >= 0.6 is 11.6 Å². The van der Waals surface area contributed by atoms with E-state index in [2.05, 4.69) is 5.32 Å². The fourth-order valence-corrected chi connectivity index (χ4v) is 3.52. The fraction of sp³-hybridized carbons (Fsp3) is 0.625. The standard InChI is InChI=1S/C16H23ClFNO/c1-19-14(16(20-2)9-4-3-5-10-16)11-12-7-6-8-13(17)15(12)18/h6-8,14,19H,3-5,9-11H2,1-2H3. The van der Waals surface area contributed by atoms with Gasteiger partial charge in [0, 0.05) is 13.2 Å². The lowest BCUT2D eigenvalue weighted by Gasteiger charge is -2.42. The number of benzene rings is 1. The van der Waals surface area contributed by atoms with Crippen LogP contribution in [0.25, 0.3) is 0 Å². The summed E-state index contributed by atoms with van der Waals surface area (Å²) in [6.07, 6.45) is 6.24. The largest absolute Gasteiger partial charge is 0.377 e. The van der Waals surface area contributed by atoms with Crippen molar-refractivity contribution in [1.82, 2.24) is 5.32 Å². The molecule has 1 saturated carbocycles. The predicted octanol–water partition coefficient (Wildman–Crippen LogP) is 3.96. The highest BCUT2D eigenvalue weighted by molar-refractivity contribution is 6.30. The van der Waals surface area contributed by atoms with Gasteiger partial charge in [-0.15, -0.1) is 0 Å². The summed E-state index contributed by atoms with van der Waals surface area (Å²) in [5, 5.41) is 3.51. The van der Waals surface area contributed by atoms with Gasteiger partial charge in [0.25, 0.3) is 0 Å². The molecule has 1 unspecified atom stereocenters. The van der Waals surface area contributed by atoms with E-state index in [1.165, 1.54) is 19.3 Å². The van der Waals surface area contributed by atoms with Crippen LogP contribution in [0, 0.1) is 5.82 Å². The van der Waals surface area contributed by atoms with Crippen molar-refractivity contribution in [3.63, 3.8) is 0 Å². The first-order chi connectivity index (χ1) is 9.63. The van der Waals surface area contributed by atoms with E-state index in [1.807, 2.05) is 7.05 Å². The summed E-state index contributed by atoms with van der Waals surface area (Å²) in [4.78, 5) is 0. The predicted molar refractivity (Wildman–Crippen MR) is 80.8 cm³/mol. The van der Waals surface area contributed by atoms with Crippen LogP contribution in [-0.4, -0.2) is 25.8 Å². The SMILES string of the molecule is CNC(Cc1cccc(Cl)c1F)C1(OC)CCCCC1. The molecule has 1 aliphatic rings. The second-order valence-corrected chi connectivity index (χ2v) is 6.00. The summed E-state index contributed by atoms with van der Waals surface area (Å²) in [5.41, 5.74) is 0.459. The molecule has 1 N–H and O–H groups in total. The van der Waals surface area contributed by atoms with Crippen LogP contribution in [-0.2, 0) is 11.2 Å². The molecule has 0 radical (unpaired) electrons. The lowest BCUT2D eigenvalue weighted by atomic mass is 9.77. The number of halogens is 2. The van der Waals surface area contributed by atoms with Crippen LogP contribution < -0.4 is 5.32 Å². The van der Waals surface area contributed by atoms with Crippen LogP contribution in [0.2, 0.25) is 5.02 Å². The molecule has 0 aromatic heterocycles. The monoisotopic (exact) mass is 299 g/mol. The lowest BCUT2D eigenvalue weighted by molar-refractivity contribution is -0.0658. The third kappa shape index (κ3) is 3.16. The van der Waals surface area contributed by atoms with Gasteiger partial charge in [-0.2, -0.15) is 0 Å². The minimum atomic E-state index is -0.309. The minimum absolute atomic E-state index is 0.0979. The van der Waals surface area contributed by atoms with Gasteiger partial charge in [-0.3, -0.25) is 0 Å². The minimum Gasteiger partial charge on any atom is -0.377 e. The average Bonchev–Trinajstić information content (AvgIpc) is 2.49. The molecule has 1 atom stereocenters. The van der Waals surface area contributed by atoms with Crippen molar-refractivity contribution in [2.45, 2.75) is 50.2 Å². The molecule has 1 aliphatic carbocycles. The van der Waals surface area contributed by atoms with Gasteiger partial charge in [0.05, 0.1) is 10.6 Å². The normalized spacial score (nSPS) is 19.8. The first-order valence-electron chi connectivity index (χ1n) is 7.28. The van der Waals surface area contributed by atoms with Gasteiger partial charge < -0.3 is 10.1 Å². The van der Waals surface area contributed by atoms with E-state index in [0.29, 0.717) is 12.0 Å². The molecule has 0 amide bonds. The number of ether oxygens (including phenoxy) is 1. The van der Waals surface area contributed by atoms with Gasteiger partial charge in [-0.25, -0.2) is 4.39 Å². The van der Waals surface area contributed by atoms with Crippen LogP contribution in [0.4, 0.5) is 4.39 Å². The molecular weight excluding hydrogens is 277 g/mol. The molecule has 4 heteroatoms. The Morgan fingerprint density at radius 3 is 2.65 bits per heavy atom. The number of likely N-dealkylation sites (N-methyl/N-ethyl adjacent to an activating group) is 1.